The quantitative estimate of drug-likeness (QED) is 0.533. The summed E-state index contributed by atoms with van der Waals surface area (Å²) in [4.78, 5) is 11.4. The van der Waals surface area contributed by atoms with Crippen molar-refractivity contribution in [2.45, 2.75) is 38.1 Å². The first kappa shape index (κ1) is 18.9. The van der Waals surface area contributed by atoms with Gasteiger partial charge in [0.25, 0.3) is 0 Å². The number of ether oxygens (including phenoxy) is 1. The summed E-state index contributed by atoms with van der Waals surface area (Å²) in [5.74, 6) is 0. The van der Waals surface area contributed by atoms with Crippen molar-refractivity contribution in [3.8, 4) is 0 Å². The average molecular weight is 347 g/mol. The molecule has 25 heavy (non-hydrogen) atoms. The van der Waals surface area contributed by atoms with Gasteiger partial charge in [-0.05, 0) is 31.0 Å². The molecule has 1 amide bonds. The van der Waals surface area contributed by atoms with Crippen LogP contribution in [0, 0.1) is 0 Å². The van der Waals surface area contributed by atoms with Crippen molar-refractivity contribution in [3.63, 3.8) is 0 Å². The predicted octanol–water partition coefficient (Wildman–Crippen LogP) is 2.41. The summed E-state index contributed by atoms with van der Waals surface area (Å²) >= 11 is 0. The van der Waals surface area contributed by atoms with E-state index >= 15 is 0 Å². The predicted molar refractivity (Wildman–Crippen MR) is 102 cm³/mol. The van der Waals surface area contributed by atoms with Gasteiger partial charge in [-0.15, -0.1) is 0 Å². The number of carbonyl (C=O) groups is 1. The molecule has 7 N–H and O–H groups in total. The number of nitrogens with one attached hydrogen (secondary N) is 3. The van der Waals surface area contributed by atoms with E-state index in [0.717, 1.165) is 43.5 Å². The SMILES string of the molecule is COC(=O)Nc1ccc2c(c1)NCCCCCC[C@H](N)CNC=C2N. The van der Waals surface area contributed by atoms with Crippen LogP contribution in [-0.4, -0.2) is 32.3 Å². The van der Waals surface area contributed by atoms with Gasteiger partial charge in [-0.25, -0.2) is 4.79 Å². The Balaban J connectivity index is 2.20. The van der Waals surface area contributed by atoms with Crippen LogP contribution in [0.3, 0.4) is 0 Å². The Morgan fingerprint density at radius 1 is 1.28 bits per heavy atom. The summed E-state index contributed by atoms with van der Waals surface area (Å²) in [6.07, 6.45) is 6.88. The summed E-state index contributed by atoms with van der Waals surface area (Å²) in [5.41, 5.74) is 15.4. The second kappa shape index (κ2) is 9.78. The van der Waals surface area contributed by atoms with Crippen molar-refractivity contribution in [3.05, 3.63) is 30.0 Å². The molecule has 0 radical (unpaired) electrons. The van der Waals surface area contributed by atoms with Crippen LogP contribution < -0.4 is 27.4 Å². The molecule has 138 valence electrons. The first-order chi connectivity index (χ1) is 12.1. The van der Waals surface area contributed by atoms with Crippen molar-refractivity contribution in [1.29, 1.82) is 0 Å². The fraction of sp³-hybridized carbons (Fsp3) is 0.500. The number of nitrogens with two attached hydrogens (primary N) is 2. The molecule has 1 aliphatic heterocycles. The highest BCUT2D eigenvalue weighted by Crippen LogP contribution is 2.25. The van der Waals surface area contributed by atoms with E-state index in [4.69, 9.17) is 11.5 Å². The monoisotopic (exact) mass is 347 g/mol. The highest BCUT2D eigenvalue weighted by molar-refractivity contribution is 5.87. The molecular formula is C18H29N5O2. The standard InChI is InChI=1S/C18H29N5O2/c1-25-18(24)23-14-7-8-15-16(20)12-21-11-13(19)6-4-2-3-5-9-22-17(15)10-14/h7-8,10,12-13,21-22H,2-6,9,11,19-20H2,1H3,(H,23,24)/t13-/m0/s1. The molecule has 1 atom stereocenters. The van der Waals surface area contributed by atoms with Crippen LogP contribution in [0.1, 0.15) is 37.7 Å². The zero-order chi connectivity index (χ0) is 18.1. The summed E-state index contributed by atoms with van der Waals surface area (Å²) in [6, 6.07) is 5.68. The zero-order valence-electron chi connectivity index (χ0n) is 14.8. The van der Waals surface area contributed by atoms with E-state index in [1.54, 1.807) is 12.3 Å². The first-order valence-corrected chi connectivity index (χ1v) is 8.78. The highest BCUT2D eigenvalue weighted by Gasteiger charge is 2.10. The summed E-state index contributed by atoms with van der Waals surface area (Å²) in [7, 11) is 1.34. The van der Waals surface area contributed by atoms with Crippen LogP contribution in [-0.2, 0) is 4.74 Å². The molecule has 0 fully saturated rings. The highest BCUT2D eigenvalue weighted by atomic mass is 16.5. The Kier molecular flexibility index (Phi) is 7.40. The molecule has 0 aromatic heterocycles. The van der Waals surface area contributed by atoms with Crippen molar-refractivity contribution in [2.75, 3.05) is 30.8 Å². The summed E-state index contributed by atoms with van der Waals surface area (Å²) in [5, 5.41) is 9.30. The second-order valence-electron chi connectivity index (χ2n) is 6.27. The molecule has 0 spiro atoms. The zero-order valence-corrected chi connectivity index (χ0v) is 14.8. The number of benzene rings is 1. The van der Waals surface area contributed by atoms with E-state index in [2.05, 4.69) is 20.7 Å². The number of fused-ring (bicyclic) bond motifs is 1. The van der Waals surface area contributed by atoms with Gasteiger partial charge in [-0.1, -0.05) is 19.3 Å². The third kappa shape index (κ3) is 6.19. The first-order valence-electron chi connectivity index (χ1n) is 8.78. The minimum atomic E-state index is -0.500. The van der Waals surface area contributed by atoms with E-state index < -0.39 is 6.09 Å². The molecule has 0 aliphatic carbocycles. The second-order valence-corrected chi connectivity index (χ2v) is 6.27. The molecular weight excluding hydrogens is 318 g/mol. The molecule has 0 saturated carbocycles. The van der Waals surface area contributed by atoms with Crippen LogP contribution in [0.15, 0.2) is 24.4 Å². The Bertz CT molecular complexity index is 603. The largest absolute Gasteiger partial charge is 0.453 e. The number of methoxy groups -OCH3 is 1. The maximum Gasteiger partial charge on any atom is 0.411 e. The lowest BCUT2D eigenvalue weighted by atomic mass is 10.1. The third-order valence-corrected chi connectivity index (χ3v) is 4.22. The van der Waals surface area contributed by atoms with Gasteiger partial charge in [-0.3, -0.25) is 5.32 Å². The van der Waals surface area contributed by atoms with Gasteiger partial charge in [0.1, 0.15) is 0 Å². The van der Waals surface area contributed by atoms with E-state index in [1.807, 2.05) is 12.1 Å². The number of rotatable bonds is 1. The van der Waals surface area contributed by atoms with Crippen molar-refractivity contribution in [1.82, 2.24) is 5.32 Å². The smallest absolute Gasteiger partial charge is 0.411 e. The number of hydrogen-bond acceptors (Lipinski definition) is 6. The van der Waals surface area contributed by atoms with Gasteiger partial charge < -0.3 is 26.8 Å². The Morgan fingerprint density at radius 2 is 2.08 bits per heavy atom. The van der Waals surface area contributed by atoms with E-state index in [1.165, 1.54) is 13.5 Å². The fourth-order valence-corrected chi connectivity index (χ4v) is 2.80. The van der Waals surface area contributed by atoms with E-state index in [0.29, 0.717) is 17.9 Å². The van der Waals surface area contributed by atoms with Gasteiger partial charge in [0.05, 0.1) is 12.8 Å². The van der Waals surface area contributed by atoms with Gasteiger partial charge in [0, 0.05) is 42.3 Å². The number of anilines is 2. The topological polar surface area (TPSA) is 114 Å². The van der Waals surface area contributed by atoms with Crippen molar-refractivity contribution < 1.29 is 9.53 Å². The maximum absolute atomic E-state index is 11.4. The number of carbonyl (C=O) groups excluding carboxylic acids is 1. The third-order valence-electron chi connectivity index (χ3n) is 4.22. The van der Waals surface area contributed by atoms with E-state index in [-0.39, 0.29) is 6.04 Å². The van der Waals surface area contributed by atoms with Gasteiger partial charge in [0.2, 0.25) is 0 Å². The molecule has 1 aromatic carbocycles. The Hall–Kier alpha value is -2.41. The lowest BCUT2D eigenvalue weighted by Crippen LogP contribution is -2.31. The Labute approximate surface area is 149 Å². The van der Waals surface area contributed by atoms with Crippen LogP contribution in [0.5, 0.6) is 0 Å². The van der Waals surface area contributed by atoms with Gasteiger partial charge >= 0.3 is 6.09 Å². The molecule has 0 saturated heterocycles. The molecule has 0 bridgehead atoms. The average Bonchev–Trinajstić information content (AvgIpc) is 2.60. The molecule has 2 rings (SSSR count). The Morgan fingerprint density at radius 3 is 2.88 bits per heavy atom. The molecule has 7 heteroatoms. The lowest BCUT2D eigenvalue weighted by molar-refractivity contribution is 0.187. The molecule has 7 nitrogen and oxygen atoms in total. The van der Waals surface area contributed by atoms with Crippen molar-refractivity contribution in [2.24, 2.45) is 11.5 Å². The van der Waals surface area contributed by atoms with Crippen LogP contribution in [0.2, 0.25) is 0 Å². The normalized spacial score (nSPS) is 19.3. The summed E-state index contributed by atoms with van der Waals surface area (Å²) in [6.45, 7) is 1.55. The van der Waals surface area contributed by atoms with Crippen LogP contribution in [0.4, 0.5) is 16.2 Å². The fourth-order valence-electron chi connectivity index (χ4n) is 2.80. The van der Waals surface area contributed by atoms with Crippen LogP contribution >= 0.6 is 0 Å². The molecule has 1 heterocycles. The summed E-state index contributed by atoms with van der Waals surface area (Å²) < 4.78 is 4.64. The molecule has 0 unspecified atom stereocenters. The number of hydrogen-bond donors (Lipinski definition) is 5. The minimum absolute atomic E-state index is 0.135. The maximum atomic E-state index is 11.4. The lowest BCUT2D eigenvalue weighted by Gasteiger charge is -2.17. The molecule has 1 aliphatic rings. The van der Waals surface area contributed by atoms with Gasteiger partial charge in [-0.2, -0.15) is 0 Å². The van der Waals surface area contributed by atoms with Crippen LogP contribution in [0.25, 0.3) is 5.70 Å². The molecule has 1 aromatic rings. The van der Waals surface area contributed by atoms with Gasteiger partial charge in [0.15, 0.2) is 0 Å². The van der Waals surface area contributed by atoms with E-state index in [9.17, 15) is 4.79 Å². The number of amides is 1. The van der Waals surface area contributed by atoms with Crippen molar-refractivity contribution >= 4 is 23.2 Å². The minimum Gasteiger partial charge on any atom is -0.453 e.